The summed E-state index contributed by atoms with van der Waals surface area (Å²) < 4.78 is 0. The van der Waals surface area contributed by atoms with Crippen LogP contribution in [-0.2, 0) is 9.59 Å². The summed E-state index contributed by atoms with van der Waals surface area (Å²) in [4.78, 5) is 25.9. The van der Waals surface area contributed by atoms with E-state index in [2.05, 4.69) is 13.0 Å². The molecule has 0 aromatic carbocycles. The number of likely N-dealkylation sites (tertiary alicyclic amines) is 1. The number of hydrogen-bond donors (Lipinski definition) is 0. The van der Waals surface area contributed by atoms with Gasteiger partial charge < -0.3 is 0 Å². The maximum Gasteiger partial charge on any atom is 0.231 e. The van der Waals surface area contributed by atoms with Crippen molar-refractivity contribution < 1.29 is 9.59 Å². The molecule has 0 aromatic heterocycles. The summed E-state index contributed by atoms with van der Waals surface area (Å²) in [6, 6.07) is 2.28. The van der Waals surface area contributed by atoms with E-state index in [0.717, 1.165) is 12.8 Å². The van der Waals surface area contributed by atoms with Crippen molar-refractivity contribution in [2.24, 2.45) is 11.3 Å². The van der Waals surface area contributed by atoms with Gasteiger partial charge in [0, 0.05) is 12.8 Å². The highest BCUT2D eigenvalue weighted by Crippen LogP contribution is 2.41. The van der Waals surface area contributed by atoms with Crippen LogP contribution in [0.5, 0.6) is 0 Å². The lowest BCUT2D eigenvalue weighted by Gasteiger charge is -2.45. The predicted octanol–water partition coefficient (Wildman–Crippen LogP) is 2.63. The van der Waals surface area contributed by atoms with E-state index in [-0.39, 0.29) is 17.2 Å². The molecule has 0 unspecified atom stereocenters. The van der Waals surface area contributed by atoms with E-state index in [1.807, 2.05) is 13.8 Å². The third-order valence-electron chi connectivity index (χ3n) is 4.50. The van der Waals surface area contributed by atoms with Crippen LogP contribution < -0.4 is 0 Å². The summed E-state index contributed by atoms with van der Waals surface area (Å²) in [6.07, 6.45) is 3.79. The normalized spacial score (nSPS) is 35.1. The molecular weight excluding hydrogens is 240 g/mol. The van der Waals surface area contributed by atoms with E-state index in [1.54, 1.807) is 0 Å². The number of imide groups is 1. The zero-order valence-corrected chi connectivity index (χ0v) is 12.0. The second-order valence-corrected chi connectivity index (χ2v) is 6.97. The maximum absolute atomic E-state index is 12.3. The van der Waals surface area contributed by atoms with Crippen LogP contribution in [0.4, 0.5) is 0 Å². The molecule has 2 amide bonds. The van der Waals surface area contributed by atoms with Gasteiger partial charge >= 0.3 is 0 Å². The summed E-state index contributed by atoms with van der Waals surface area (Å²) in [6.45, 7) is 6.02. The first kappa shape index (κ1) is 14.0. The second kappa shape index (κ2) is 4.63. The zero-order chi connectivity index (χ0) is 14.3. The summed E-state index contributed by atoms with van der Waals surface area (Å²) in [5.41, 5.74) is -1.15. The lowest BCUT2D eigenvalue weighted by atomic mass is 9.73. The minimum absolute atomic E-state index is 0.169. The molecule has 0 radical (unpaired) electrons. The lowest BCUT2D eigenvalue weighted by Crippen LogP contribution is -2.59. The molecule has 1 heterocycles. The van der Waals surface area contributed by atoms with Crippen molar-refractivity contribution in [1.29, 1.82) is 5.26 Å². The van der Waals surface area contributed by atoms with E-state index < -0.39 is 5.54 Å². The Labute approximate surface area is 114 Å². The van der Waals surface area contributed by atoms with Gasteiger partial charge in [0.2, 0.25) is 11.8 Å². The molecule has 0 bridgehead atoms. The van der Waals surface area contributed by atoms with E-state index in [0.29, 0.717) is 31.6 Å². The molecule has 1 saturated heterocycles. The Morgan fingerprint density at radius 2 is 1.63 bits per heavy atom. The van der Waals surface area contributed by atoms with Gasteiger partial charge in [-0.1, -0.05) is 20.8 Å². The molecule has 0 aromatic rings. The lowest BCUT2D eigenvalue weighted by molar-refractivity contribution is -0.159. The van der Waals surface area contributed by atoms with Crippen molar-refractivity contribution in [3.63, 3.8) is 0 Å². The summed E-state index contributed by atoms with van der Waals surface area (Å²) in [5.74, 6) is 0.239. The molecule has 2 rings (SSSR count). The number of amides is 2. The predicted molar refractivity (Wildman–Crippen MR) is 70.8 cm³/mol. The molecule has 4 heteroatoms. The van der Waals surface area contributed by atoms with Crippen LogP contribution in [-0.4, -0.2) is 22.3 Å². The molecule has 1 saturated carbocycles. The Kier molecular flexibility index (Phi) is 3.42. The van der Waals surface area contributed by atoms with Crippen LogP contribution in [0.2, 0.25) is 0 Å². The number of nitrogens with zero attached hydrogens (tertiary/aromatic N) is 2. The van der Waals surface area contributed by atoms with Crippen LogP contribution in [0.15, 0.2) is 0 Å². The molecular formula is C15H22N2O2. The van der Waals surface area contributed by atoms with Gasteiger partial charge in [-0.3, -0.25) is 14.5 Å². The Morgan fingerprint density at radius 1 is 1.16 bits per heavy atom. The van der Waals surface area contributed by atoms with Crippen LogP contribution in [0.3, 0.4) is 0 Å². The first-order valence-electron chi connectivity index (χ1n) is 7.07. The number of carbonyl (C=O) groups is 2. The third-order valence-corrected chi connectivity index (χ3v) is 4.50. The quantitative estimate of drug-likeness (QED) is 0.682. The molecule has 4 nitrogen and oxygen atoms in total. The number of nitriles is 1. The average Bonchev–Trinajstić information content (AvgIpc) is 2.29. The third kappa shape index (κ3) is 2.51. The molecule has 19 heavy (non-hydrogen) atoms. The van der Waals surface area contributed by atoms with Gasteiger partial charge in [-0.05, 0) is 37.0 Å². The highest BCUT2D eigenvalue weighted by atomic mass is 16.2. The molecule has 0 spiro atoms. The zero-order valence-electron chi connectivity index (χ0n) is 12.0. The molecule has 1 aliphatic carbocycles. The summed E-state index contributed by atoms with van der Waals surface area (Å²) in [5, 5.41) is 9.55. The fourth-order valence-corrected chi connectivity index (χ4v) is 3.28. The van der Waals surface area contributed by atoms with E-state index >= 15 is 0 Å². The summed E-state index contributed by atoms with van der Waals surface area (Å²) in [7, 11) is 0. The SMILES string of the molecule is CC1CCC(C#N)(N2C(=O)CC(C)(C)CC2=O)CC1. The van der Waals surface area contributed by atoms with Gasteiger partial charge in [-0.25, -0.2) is 0 Å². The van der Waals surface area contributed by atoms with Crippen LogP contribution in [0.25, 0.3) is 0 Å². The van der Waals surface area contributed by atoms with E-state index in [1.165, 1.54) is 4.90 Å². The first-order valence-corrected chi connectivity index (χ1v) is 7.07. The Morgan fingerprint density at radius 3 is 2.05 bits per heavy atom. The highest BCUT2D eigenvalue weighted by molar-refractivity contribution is 5.99. The molecule has 1 aliphatic heterocycles. The maximum atomic E-state index is 12.3. The first-order chi connectivity index (χ1) is 8.80. The van der Waals surface area contributed by atoms with Crippen LogP contribution in [0, 0.1) is 22.7 Å². The van der Waals surface area contributed by atoms with Gasteiger partial charge in [0.05, 0.1) is 6.07 Å². The molecule has 2 fully saturated rings. The Balaban J connectivity index is 2.27. The fourth-order valence-electron chi connectivity index (χ4n) is 3.28. The van der Waals surface area contributed by atoms with Gasteiger partial charge in [0.1, 0.15) is 5.54 Å². The highest BCUT2D eigenvalue weighted by Gasteiger charge is 2.49. The second-order valence-electron chi connectivity index (χ2n) is 6.97. The molecule has 0 atom stereocenters. The minimum Gasteiger partial charge on any atom is -0.274 e. The van der Waals surface area contributed by atoms with Crippen LogP contribution in [0.1, 0.15) is 59.3 Å². The number of piperidine rings is 1. The van der Waals surface area contributed by atoms with E-state index in [9.17, 15) is 14.9 Å². The molecule has 2 aliphatic rings. The molecule has 0 N–H and O–H groups in total. The van der Waals surface area contributed by atoms with Crippen LogP contribution >= 0.6 is 0 Å². The van der Waals surface area contributed by atoms with Crippen molar-refractivity contribution in [3.8, 4) is 6.07 Å². The van der Waals surface area contributed by atoms with Crippen molar-refractivity contribution in [2.45, 2.75) is 64.8 Å². The van der Waals surface area contributed by atoms with Gasteiger partial charge in [-0.15, -0.1) is 0 Å². The van der Waals surface area contributed by atoms with Gasteiger partial charge in [-0.2, -0.15) is 5.26 Å². The average molecular weight is 262 g/mol. The summed E-state index contributed by atoms with van der Waals surface area (Å²) >= 11 is 0. The Hall–Kier alpha value is -1.37. The van der Waals surface area contributed by atoms with Crippen molar-refractivity contribution in [1.82, 2.24) is 4.90 Å². The van der Waals surface area contributed by atoms with Crippen molar-refractivity contribution >= 4 is 11.8 Å². The Bertz CT molecular complexity index is 420. The van der Waals surface area contributed by atoms with Crippen molar-refractivity contribution in [3.05, 3.63) is 0 Å². The van der Waals surface area contributed by atoms with E-state index in [4.69, 9.17) is 0 Å². The van der Waals surface area contributed by atoms with Gasteiger partial charge in [0.15, 0.2) is 0 Å². The number of rotatable bonds is 1. The largest absolute Gasteiger partial charge is 0.274 e. The molecule has 104 valence electrons. The fraction of sp³-hybridized carbons (Fsp3) is 0.800. The number of carbonyl (C=O) groups excluding carboxylic acids is 2. The monoisotopic (exact) mass is 262 g/mol. The van der Waals surface area contributed by atoms with Gasteiger partial charge in [0.25, 0.3) is 0 Å². The smallest absolute Gasteiger partial charge is 0.231 e. The number of hydrogen-bond acceptors (Lipinski definition) is 3. The standard InChI is InChI=1S/C15H22N2O2/c1-11-4-6-15(10-16,7-5-11)17-12(18)8-14(2,3)9-13(17)19/h11H,4-9H2,1-3H3. The van der Waals surface area contributed by atoms with Crippen molar-refractivity contribution in [2.75, 3.05) is 0 Å². The topological polar surface area (TPSA) is 61.2 Å². The minimum atomic E-state index is -0.878.